The number of halogens is 2. The summed E-state index contributed by atoms with van der Waals surface area (Å²) in [5.74, 6) is 0. The standard InChI is InChI=1S/2C11H13.2ClH.Zr/c2*1-2-6-10(7-3-1)11-8-4-5-9-11;;;/h2*4-6,8-9H,1-3,7H2;2*1H;/q2*-1;;;+4/p-2. The van der Waals surface area contributed by atoms with Gasteiger partial charge in [0.05, 0.1) is 0 Å². The third kappa shape index (κ3) is 7.82. The van der Waals surface area contributed by atoms with E-state index >= 15 is 0 Å². The van der Waals surface area contributed by atoms with Crippen LogP contribution in [-0.4, -0.2) is 0 Å². The van der Waals surface area contributed by atoms with Crippen molar-refractivity contribution in [2.75, 3.05) is 0 Å². The molecule has 2 aromatic carbocycles. The normalized spacial score (nSPS) is 15.8. The fourth-order valence-electron chi connectivity index (χ4n) is 3.38. The summed E-state index contributed by atoms with van der Waals surface area (Å²) in [4.78, 5) is 0. The monoisotopic (exact) mass is 450 g/mol. The van der Waals surface area contributed by atoms with Gasteiger partial charge in [0.1, 0.15) is 0 Å². The molecule has 0 heterocycles. The summed E-state index contributed by atoms with van der Waals surface area (Å²) in [6, 6.07) is 17.3. The average molecular weight is 453 g/mol. The van der Waals surface area contributed by atoms with Gasteiger partial charge >= 0.3 is 26.2 Å². The Kier molecular flexibility index (Phi) is 13.6. The van der Waals surface area contributed by atoms with Crippen LogP contribution in [-0.2, 0) is 26.2 Å². The second-order valence-corrected chi connectivity index (χ2v) is 6.30. The van der Waals surface area contributed by atoms with Crippen LogP contribution in [0.15, 0.2) is 60.7 Å². The first-order valence-electron chi connectivity index (χ1n) is 8.76. The van der Waals surface area contributed by atoms with Crippen LogP contribution in [0, 0.1) is 0 Å². The van der Waals surface area contributed by atoms with Crippen LogP contribution < -0.4 is 24.8 Å². The van der Waals surface area contributed by atoms with Gasteiger partial charge in [-0.05, 0) is 12.8 Å². The van der Waals surface area contributed by atoms with Gasteiger partial charge in [0.25, 0.3) is 0 Å². The van der Waals surface area contributed by atoms with Crippen molar-refractivity contribution >= 4 is 11.1 Å². The summed E-state index contributed by atoms with van der Waals surface area (Å²) in [5, 5.41) is 0. The second kappa shape index (κ2) is 13.8. The number of hydrogen-bond acceptors (Lipinski definition) is 0. The van der Waals surface area contributed by atoms with E-state index < -0.39 is 0 Å². The summed E-state index contributed by atoms with van der Waals surface area (Å²) in [6.07, 6.45) is 15.4. The van der Waals surface area contributed by atoms with E-state index in [1.54, 1.807) is 11.1 Å². The van der Waals surface area contributed by atoms with Gasteiger partial charge in [-0.2, -0.15) is 36.4 Å². The molecule has 0 fully saturated rings. The Morgan fingerprint density at radius 3 is 1.20 bits per heavy atom. The van der Waals surface area contributed by atoms with Gasteiger partial charge in [0.15, 0.2) is 0 Å². The van der Waals surface area contributed by atoms with Crippen LogP contribution in [0.2, 0.25) is 0 Å². The molecule has 0 radical (unpaired) electrons. The molecule has 0 nitrogen and oxygen atoms in total. The van der Waals surface area contributed by atoms with Gasteiger partial charge in [0.2, 0.25) is 0 Å². The minimum Gasteiger partial charge on any atom is -1.00 e. The van der Waals surface area contributed by atoms with Gasteiger partial charge in [0, 0.05) is 0 Å². The van der Waals surface area contributed by atoms with E-state index in [-0.39, 0.29) is 51.0 Å². The molecule has 0 aromatic heterocycles. The molecule has 0 spiro atoms. The molecule has 0 N–H and O–H groups in total. The zero-order chi connectivity index (χ0) is 15.0. The van der Waals surface area contributed by atoms with Gasteiger partial charge in [-0.1, -0.05) is 38.5 Å². The summed E-state index contributed by atoms with van der Waals surface area (Å²) in [5.41, 5.74) is 5.98. The van der Waals surface area contributed by atoms with E-state index in [1.165, 1.54) is 62.5 Å². The third-order valence-electron chi connectivity index (χ3n) is 4.65. The van der Waals surface area contributed by atoms with Crippen LogP contribution in [0.1, 0.15) is 62.5 Å². The van der Waals surface area contributed by atoms with Crippen molar-refractivity contribution in [3.63, 3.8) is 0 Å². The molecule has 132 valence electrons. The van der Waals surface area contributed by atoms with Crippen LogP contribution >= 0.6 is 0 Å². The minimum absolute atomic E-state index is 0. The van der Waals surface area contributed by atoms with Crippen molar-refractivity contribution in [3.05, 3.63) is 71.8 Å². The predicted molar refractivity (Wildman–Crippen MR) is 97.0 cm³/mol. The first-order chi connectivity index (χ1) is 10.9. The van der Waals surface area contributed by atoms with Gasteiger partial charge in [-0.25, -0.2) is 0 Å². The molecule has 0 aliphatic heterocycles. The van der Waals surface area contributed by atoms with Gasteiger partial charge in [-0.15, -0.1) is 46.5 Å². The van der Waals surface area contributed by atoms with Gasteiger partial charge in [-0.3, -0.25) is 0 Å². The minimum atomic E-state index is 0. The maximum Gasteiger partial charge on any atom is 4.00 e. The molecule has 2 aliphatic rings. The number of hydrogen-bond donors (Lipinski definition) is 0. The molecule has 0 bridgehead atoms. The molecule has 0 amide bonds. The molecule has 0 unspecified atom stereocenters. The van der Waals surface area contributed by atoms with Crippen molar-refractivity contribution in [2.45, 2.75) is 51.4 Å². The Bertz CT molecular complexity index is 550. The van der Waals surface area contributed by atoms with Crippen molar-refractivity contribution < 1.29 is 51.0 Å². The Morgan fingerprint density at radius 1 is 0.560 bits per heavy atom. The zero-order valence-corrected chi connectivity index (χ0v) is 18.7. The largest absolute Gasteiger partial charge is 4.00 e. The molecule has 25 heavy (non-hydrogen) atoms. The maximum atomic E-state index is 2.39. The smallest absolute Gasteiger partial charge is 1.00 e. The first-order valence-corrected chi connectivity index (χ1v) is 8.76. The van der Waals surface area contributed by atoms with Crippen molar-refractivity contribution in [3.8, 4) is 0 Å². The van der Waals surface area contributed by atoms with E-state index in [2.05, 4.69) is 60.7 Å². The molecule has 2 aliphatic carbocycles. The number of rotatable bonds is 2. The van der Waals surface area contributed by atoms with Crippen molar-refractivity contribution in [1.82, 2.24) is 0 Å². The van der Waals surface area contributed by atoms with Crippen LogP contribution in [0.4, 0.5) is 0 Å². The quantitative estimate of drug-likeness (QED) is 0.590. The maximum absolute atomic E-state index is 2.39. The Labute approximate surface area is 184 Å². The van der Waals surface area contributed by atoms with Gasteiger partial charge < -0.3 is 24.8 Å². The first kappa shape index (κ1) is 24.6. The summed E-state index contributed by atoms with van der Waals surface area (Å²) >= 11 is 0. The molecule has 0 atom stereocenters. The second-order valence-electron chi connectivity index (χ2n) is 6.30. The van der Waals surface area contributed by atoms with Crippen LogP contribution in [0.3, 0.4) is 0 Å². The van der Waals surface area contributed by atoms with E-state index in [0.717, 1.165) is 0 Å². The fraction of sp³-hybridized carbons (Fsp3) is 0.364. The van der Waals surface area contributed by atoms with E-state index in [1.807, 2.05) is 0 Å². The fourth-order valence-corrected chi connectivity index (χ4v) is 3.38. The molecule has 0 saturated heterocycles. The van der Waals surface area contributed by atoms with E-state index in [0.29, 0.717) is 0 Å². The summed E-state index contributed by atoms with van der Waals surface area (Å²) < 4.78 is 0. The topological polar surface area (TPSA) is 0 Å². The molecular weight excluding hydrogens is 426 g/mol. The van der Waals surface area contributed by atoms with E-state index in [9.17, 15) is 0 Å². The third-order valence-corrected chi connectivity index (χ3v) is 4.65. The molecule has 2 aromatic rings. The molecule has 4 rings (SSSR count). The SMILES string of the molecule is C1=C([c-]2cccc2)CCCC1.C1=C([c-]2cccc2)CCCC1.[Cl-].[Cl-].[Zr+4]. The number of allylic oxidation sites excluding steroid dienone is 4. The average Bonchev–Trinajstić information content (AvgIpc) is 3.31. The van der Waals surface area contributed by atoms with Crippen LogP contribution in [0.25, 0.3) is 11.1 Å². The summed E-state index contributed by atoms with van der Waals surface area (Å²) in [7, 11) is 0. The van der Waals surface area contributed by atoms with E-state index in [4.69, 9.17) is 0 Å². The Hall–Kier alpha value is -0.357. The Morgan fingerprint density at radius 2 is 0.920 bits per heavy atom. The Balaban J connectivity index is 0.000000411. The van der Waals surface area contributed by atoms with Crippen LogP contribution in [0.5, 0.6) is 0 Å². The zero-order valence-electron chi connectivity index (χ0n) is 14.7. The van der Waals surface area contributed by atoms with Crippen molar-refractivity contribution in [2.24, 2.45) is 0 Å². The molecule has 0 saturated carbocycles. The predicted octanol–water partition coefficient (Wildman–Crippen LogP) is 0.731. The molecule has 3 heteroatoms. The molecular formula is C22H26Cl2Zr. The summed E-state index contributed by atoms with van der Waals surface area (Å²) in [6.45, 7) is 0. The van der Waals surface area contributed by atoms with Crippen molar-refractivity contribution in [1.29, 1.82) is 0 Å².